The van der Waals surface area contributed by atoms with Crippen molar-refractivity contribution in [2.45, 2.75) is 104 Å². The lowest BCUT2D eigenvalue weighted by atomic mass is 9.58. The third-order valence-electron chi connectivity index (χ3n) is 8.28. The Morgan fingerprint density at radius 3 is 2.61 bits per heavy atom. The highest BCUT2D eigenvalue weighted by atomic mass is 16.6. The van der Waals surface area contributed by atoms with Gasteiger partial charge in [0, 0.05) is 18.3 Å². The van der Waals surface area contributed by atoms with Crippen LogP contribution in [0.5, 0.6) is 0 Å². The zero-order valence-corrected chi connectivity index (χ0v) is 19.5. The van der Waals surface area contributed by atoms with E-state index in [0.29, 0.717) is 37.0 Å². The molecule has 1 saturated heterocycles. The lowest BCUT2D eigenvalue weighted by Gasteiger charge is -2.50. The molecule has 31 heavy (non-hydrogen) atoms. The molecule has 176 valence electrons. The fourth-order valence-electron chi connectivity index (χ4n) is 5.98. The molecule has 6 nitrogen and oxygen atoms in total. The fourth-order valence-corrected chi connectivity index (χ4v) is 5.98. The molecule has 2 aliphatic carbocycles. The highest BCUT2D eigenvalue weighted by Crippen LogP contribution is 2.50. The average molecular weight is 437 g/mol. The summed E-state index contributed by atoms with van der Waals surface area (Å²) in [6, 6.07) is 0. The first-order valence-corrected chi connectivity index (χ1v) is 12.2. The molecule has 1 aliphatic heterocycles. The number of aliphatic hydroxyl groups is 1. The van der Waals surface area contributed by atoms with E-state index in [2.05, 4.69) is 6.92 Å². The van der Waals surface area contributed by atoms with Gasteiger partial charge in [0.15, 0.2) is 0 Å². The molecule has 0 aromatic heterocycles. The summed E-state index contributed by atoms with van der Waals surface area (Å²) >= 11 is 0. The van der Waals surface area contributed by atoms with E-state index in [9.17, 15) is 19.5 Å². The molecule has 0 aromatic carbocycles. The van der Waals surface area contributed by atoms with Crippen molar-refractivity contribution in [1.82, 2.24) is 0 Å². The fraction of sp³-hybridized carbons (Fsp3) is 0.880. The second-order valence-electron chi connectivity index (χ2n) is 10.9. The zero-order chi connectivity index (χ0) is 22.8. The summed E-state index contributed by atoms with van der Waals surface area (Å²) in [5, 5.41) is 9.93. The van der Waals surface area contributed by atoms with E-state index in [1.165, 1.54) is 0 Å². The second kappa shape index (κ2) is 10.0. The Balaban J connectivity index is 1.75. The molecular formula is C25H40O6. The number of aliphatic hydroxyl groups excluding tert-OH is 1. The largest absolute Gasteiger partial charge is 0.462 e. The van der Waals surface area contributed by atoms with Crippen LogP contribution in [0.3, 0.4) is 0 Å². The molecule has 1 heterocycles. The summed E-state index contributed by atoms with van der Waals surface area (Å²) in [6.07, 6.45) is 6.48. The van der Waals surface area contributed by atoms with Gasteiger partial charge in [0.25, 0.3) is 0 Å². The Labute approximate surface area is 186 Å². The molecule has 1 N–H and O–H groups in total. The second-order valence-corrected chi connectivity index (χ2v) is 10.9. The van der Waals surface area contributed by atoms with Crippen LogP contribution in [-0.2, 0) is 23.9 Å². The van der Waals surface area contributed by atoms with E-state index in [1.54, 1.807) is 0 Å². The van der Waals surface area contributed by atoms with Gasteiger partial charge >= 0.3 is 11.9 Å². The summed E-state index contributed by atoms with van der Waals surface area (Å²) in [4.78, 5) is 36.3. The van der Waals surface area contributed by atoms with Gasteiger partial charge in [-0.25, -0.2) is 0 Å². The number of ether oxygens (including phenoxy) is 2. The van der Waals surface area contributed by atoms with Crippen LogP contribution < -0.4 is 0 Å². The molecule has 3 rings (SSSR count). The van der Waals surface area contributed by atoms with Crippen molar-refractivity contribution in [2.24, 2.45) is 35.0 Å². The van der Waals surface area contributed by atoms with E-state index in [1.807, 2.05) is 20.8 Å². The summed E-state index contributed by atoms with van der Waals surface area (Å²) in [6.45, 7) is 8.08. The molecule has 0 spiro atoms. The molecule has 0 unspecified atom stereocenters. The highest BCUT2D eigenvalue weighted by molar-refractivity contribution is 5.76. The normalized spacial score (nSPS) is 38.7. The van der Waals surface area contributed by atoms with Crippen LogP contribution in [0.25, 0.3) is 0 Å². The van der Waals surface area contributed by atoms with E-state index in [4.69, 9.17) is 9.47 Å². The molecule has 8 atom stereocenters. The summed E-state index contributed by atoms with van der Waals surface area (Å²) in [5.41, 5.74) is -0.536. The average Bonchev–Trinajstić information content (AvgIpc) is 2.72. The Hall–Kier alpha value is -1.43. The lowest BCUT2D eigenvalue weighted by Crippen LogP contribution is -2.49. The van der Waals surface area contributed by atoms with Crippen molar-refractivity contribution in [1.29, 1.82) is 0 Å². The Kier molecular flexibility index (Phi) is 7.82. The smallest absolute Gasteiger partial charge is 0.311 e. The van der Waals surface area contributed by atoms with Crippen LogP contribution in [0.15, 0.2) is 0 Å². The van der Waals surface area contributed by atoms with E-state index in [0.717, 1.165) is 38.4 Å². The molecule has 0 bridgehead atoms. The summed E-state index contributed by atoms with van der Waals surface area (Å²) < 4.78 is 11.6. The topological polar surface area (TPSA) is 89.9 Å². The van der Waals surface area contributed by atoms with Crippen molar-refractivity contribution in [3.8, 4) is 0 Å². The van der Waals surface area contributed by atoms with Gasteiger partial charge < -0.3 is 19.4 Å². The lowest BCUT2D eigenvalue weighted by molar-refractivity contribution is -0.174. The number of aldehydes is 1. The number of carbonyl (C=O) groups is 3. The van der Waals surface area contributed by atoms with Crippen molar-refractivity contribution >= 4 is 18.2 Å². The van der Waals surface area contributed by atoms with Gasteiger partial charge in [-0.1, -0.05) is 20.3 Å². The van der Waals surface area contributed by atoms with E-state index in [-0.39, 0.29) is 42.4 Å². The molecule has 3 aliphatic rings. The van der Waals surface area contributed by atoms with Crippen LogP contribution in [-0.4, -0.2) is 41.6 Å². The molecular weight excluding hydrogens is 396 g/mol. The van der Waals surface area contributed by atoms with E-state index < -0.39 is 11.5 Å². The maximum atomic E-state index is 12.9. The first-order valence-electron chi connectivity index (χ1n) is 12.2. The van der Waals surface area contributed by atoms with Gasteiger partial charge in [-0.3, -0.25) is 9.59 Å². The minimum Gasteiger partial charge on any atom is -0.462 e. The zero-order valence-electron chi connectivity index (χ0n) is 19.5. The van der Waals surface area contributed by atoms with E-state index >= 15 is 0 Å². The number of fused-ring (bicyclic) bond motifs is 1. The summed E-state index contributed by atoms with van der Waals surface area (Å²) in [7, 11) is 0. The molecule has 0 amide bonds. The molecule has 2 saturated carbocycles. The summed E-state index contributed by atoms with van der Waals surface area (Å²) in [5.74, 6) is 0.913. The minimum absolute atomic E-state index is 0.0488. The maximum absolute atomic E-state index is 12.9. The predicted molar refractivity (Wildman–Crippen MR) is 116 cm³/mol. The number of hydrogen-bond acceptors (Lipinski definition) is 6. The van der Waals surface area contributed by atoms with Crippen molar-refractivity contribution in [3.63, 3.8) is 0 Å². The number of carbonyl (C=O) groups excluding carboxylic acids is 3. The first kappa shape index (κ1) is 24.2. The first-order chi connectivity index (χ1) is 14.6. The monoisotopic (exact) mass is 436 g/mol. The van der Waals surface area contributed by atoms with Crippen molar-refractivity contribution < 1.29 is 29.0 Å². The molecule has 3 fully saturated rings. The van der Waals surface area contributed by atoms with Gasteiger partial charge in [0.1, 0.15) is 18.5 Å². The van der Waals surface area contributed by atoms with Crippen molar-refractivity contribution in [3.05, 3.63) is 0 Å². The Bertz CT molecular complexity index is 658. The third-order valence-corrected chi connectivity index (χ3v) is 8.28. The van der Waals surface area contributed by atoms with Gasteiger partial charge in [-0.05, 0) is 70.1 Å². The third kappa shape index (κ3) is 5.68. The van der Waals surface area contributed by atoms with Gasteiger partial charge in [0.2, 0.25) is 0 Å². The van der Waals surface area contributed by atoms with Crippen molar-refractivity contribution in [2.75, 3.05) is 0 Å². The molecule has 0 aromatic rings. The number of rotatable bonds is 7. The standard InChI is InChI=1S/C25H40O6/c1-5-25(3,4)24(29)31-21-11-16(14-26)10-17-7-6-15(2)20(23(17)21)9-8-19-12-18(27)13-22(28)30-19/h14-21,23,27H,5-13H2,1-4H3/t15-,16+,17-,18+,19+,20-,21-,23-/m0/s1. The van der Waals surface area contributed by atoms with Crippen LogP contribution >= 0.6 is 0 Å². The van der Waals surface area contributed by atoms with Crippen LogP contribution in [0.4, 0.5) is 0 Å². The molecule has 0 radical (unpaired) electrons. The Morgan fingerprint density at radius 2 is 1.97 bits per heavy atom. The van der Waals surface area contributed by atoms with Gasteiger partial charge in [0.05, 0.1) is 17.9 Å². The van der Waals surface area contributed by atoms with Gasteiger partial charge in [-0.2, -0.15) is 0 Å². The quantitative estimate of drug-likeness (QED) is 0.478. The Morgan fingerprint density at radius 1 is 1.23 bits per heavy atom. The number of cyclic esters (lactones) is 1. The molecule has 6 heteroatoms. The SMILES string of the molecule is CCC(C)(C)C(=O)O[C@H]1C[C@H](C=O)C[C@@H]2CC[C@H](C)[C@H](CC[C@@H]3C[C@@H](O)CC(=O)O3)[C@H]21. The van der Waals surface area contributed by atoms with Gasteiger partial charge in [-0.15, -0.1) is 0 Å². The van der Waals surface area contributed by atoms with Crippen LogP contribution in [0.1, 0.15) is 85.5 Å². The minimum atomic E-state index is -0.615. The van der Waals surface area contributed by atoms with Crippen LogP contribution in [0.2, 0.25) is 0 Å². The van der Waals surface area contributed by atoms with Crippen LogP contribution in [0, 0.1) is 35.0 Å². The number of esters is 2. The number of hydrogen-bond donors (Lipinski definition) is 1. The maximum Gasteiger partial charge on any atom is 0.311 e. The highest BCUT2D eigenvalue weighted by Gasteiger charge is 2.48. The predicted octanol–water partition coefficient (Wildman–Crippen LogP) is 4.07.